The summed E-state index contributed by atoms with van der Waals surface area (Å²) in [6.07, 6.45) is 4.72. The third-order valence-corrected chi connectivity index (χ3v) is 7.34. The summed E-state index contributed by atoms with van der Waals surface area (Å²) < 4.78 is 3.58. The molecule has 0 aliphatic carbocycles. The first-order valence-electron chi connectivity index (χ1n) is 13.8. The minimum atomic E-state index is -0.305. The fraction of sp³-hybridized carbons (Fsp3) is 0.344. The van der Waals surface area contributed by atoms with Gasteiger partial charge in [-0.3, -0.25) is 4.79 Å². The van der Waals surface area contributed by atoms with Crippen molar-refractivity contribution in [2.45, 2.75) is 52.8 Å². The second-order valence-corrected chi connectivity index (χ2v) is 11.6. The van der Waals surface area contributed by atoms with Crippen LogP contribution < -0.4 is 16.6 Å². The van der Waals surface area contributed by atoms with E-state index in [0.29, 0.717) is 24.4 Å². The predicted molar refractivity (Wildman–Crippen MR) is 162 cm³/mol. The summed E-state index contributed by atoms with van der Waals surface area (Å²) >= 11 is 0. The Labute approximate surface area is 234 Å². The lowest BCUT2D eigenvalue weighted by atomic mass is 10.0. The van der Waals surface area contributed by atoms with Crippen molar-refractivity contribution >= 4 is 27.4 Å². The van der Waals surface area contributed by atoms with Crippen molar-refractivity contribution in [1.29, 1.82) is 0 Å². The summed E-state index contributed by atoms with van der Waals surface area (Å²) in [7, 11) is 1.71. The van der Waals surface area contributed by atoms with E-state index >= 15 is 0 Å². The molecule has 0 fully saturated rings. The van der Waals surface area contributed by atoms with E-state index < -0.39 is 0 Å². The van der Waals surface area contributed by atoms with Crippen molar-refractivity contribution in [1.82, 2.24) is 19.3 Å². The number of fused-ring (bicyclic) bond motifs is 2. The monoisotopic (exact) mass is 538 g/mol. The fourth-order valence-corrected chi connectivity index (χ4v) is 5.25. The predicted octanol–water partition coefficient (Wildman–Crippen LogP) is 4.84. The van der Waals surface area contributed by atoms with Crippen molar-refractivity contribution in [3.63, 3.8) is 0 Å². The van der Waals surface area contributed by atoms with Crippen LogP contribution in [0.15, 0.2) is 65.7 Å². The van der Waals surface area contributed by atoms with Crippen LogP contribution in [0.2, 0.25) is 0 Å². The number of aliphatic hydroxyl groups excluding tert-OH is 1. The van der Waals surface area contributed by atoms with Gasteiger partial charge in [0.2, 0.25) is 0 Å². The molecule has 40 heavy (non-hydrogen) atoms. The van der Waals surface area contributed by atoms with Gasteiger partial charge in [0.1, 0.15) is 5.82 Å². The van der Waals surface area contributed by atoms with Crippen LogP contribution in [0.5, 0.6) is 0 Å². The number of hydrogen-bond acceptors (Lipinski definition) is 6. The van der Waals surface area contributed by atoms with Crippen LogP contribution in [0.1, 0.15) is 44.5 Å². The Kier molecular flexibility index (Phi) is 7.49. The van der Waals surface area contributed by atoms with Gasteiger partial charge in [-0.15, -0.1) is 0 Å². The number of nitrogens with zero attached hydrogens (tertiary/aromatic N) is 4. The van der Waals surface area contributed by atoms with Crippen LogP contribution in [-0.2, 0) is 26.6 Å². The van der Waals surface area contributed by atoms with Crippen molar-refractivity contribution in [3.05, 3.63) is 88.1 Å². The Hall–Kier alpha value is -4.01. The Morgan fingerprint density at radius 1 is 1.07 bits per heavy atom. The quantitative estimate of drug-likeness (QED) is 0.248. The van der Waals surface area contributed by atoms with Crippen LogP contribution in [0, 0.1) is 5.92 Å². The number of nitrogens with two attached hydrogens (primary N) is 1. The molecule has 208 valence electrons. The molecule has 5 rings (SSSR count). The fourth-order valence-electron chi connectivity index (χ4n) is 5.25. The number of aliphatic hydroxyl groups is 1. The summed E-state index contributed by atoms with van der Waals surface area (Å²) in [6.45, 7) is 9.32. The summed E-state index contributed by atoms with van der Waals surface area (Å²) in [6, 6.07) is 16.0. The van der Waals surface area contributed by atoms with Crippen molar-refractivity contribution in [3.8, 4) is 11.3 Å². The Balaban J connectivity index is 1.74. The minimum absolute atomic E-state index is 0.0766. The smallest absolute Gasteiger partial charge is 0.276 e. The molecule has 5 aromatic rings. The van der Waals surface area contributed by atoms with E-state index in [-0.39, 0.29) is 17.7 Å². The molecule has 0 unspecified atom stereocenters. The first-order valence-corrected chi connectivity index (χ1v) is 13.8. The van der Waals surface area contributed by atoms with Crippen molar-refractivity contribution in [2.75, 3.05) is 11.9 Å². The van der Waals surface area contributed by atoms with Crippen molar-refractivity contribution in [2.24, 2.45) is 18.7 Å². The summed E-state index contributed by atoms with van der Waals surface area (Å²) in [5.74, 6) is 1.17. The zero-order chi connectivity index (χ0) is 28.6. The molecule has 0 aliphatic rings. The van der Waals surface area contributed by atoms with Crippen LogP contribution in [0.4, 0.5) is 5.82 Å². The van der Waals surface area contributed by atoms with Gasteiger partial charge < -0.3 is 20.7 Å². The van der Waals surface area contributed by atoms with Crippen LogP contribution in [0.25, 0.3) is 32.8 Å². The lowest BCUT2D eigenvalue weighted by molar-refractivity contribution is 0.282. The lowest BCUT2D eigenvalue weighted by Gasteiger charge is -2.26. The van der Waals surface area contributed by atoms with Gasteiger partial charge in [0, 0.05) is 48.8 Å². The van der Waals surface area contributed by atoms with Gasteiger partial charge in [-0.25, -0.2) is 9.67 Å². The molecule has 8 heteroatoms. The molecular formula is C32H38N6O2. The van der Waals surface area contributed by atoms with Gasteiger partial charge >= 0.3 is 0 Å². The molecule has 0 spiro atoms. The van der Waals surface area contributed by atoms with E-state index in [0.717, 1.165) is 56.5 Å². The van der Waals surface area contributed by atoms with Gasteiger partial charge in [-0.05, 0) is 54.3 Å². The van der Waals surface area contributed by atoms with E-state index in [4.69, 9.17) is 10.7 Å². The molecule has 2 aromatic carbocycles. The minimum Gasteiger partial charge on any atom is -0.392 e. The highest BCUT2D eigenvalue weighted by atomic mass is 16.3. The largest absolute Gasteiger partial charge is 0.392 e. The SMILES string of the molecule is CC(C)Cc1nn(C)c(=O)c2c(-c3cccc(CO)c3)n(Cc3cnc(NC(C)(C)CN)c4ccccc34)cc12. The Morgan fingerprint density at radius 2 is 1.82 bits per heavy atom. The standard InChI is InChI=1S/C32H38N6O2/c1-20(2)13-27-26-17-38(29(28(26)31(40)37(5)36-27)22-10-8-9-21(14-22)18-39)16-23-15-34-30(35-32(3,4)19-33)25-12-7-6-11-24(23)25/h6-12,14-15,17,20,39H,13,16,18-19,33H2,1-5H3,(H,34,35). The van der Waals surface area contributed by atoms with E-state index in [9.17, 15) is 9.90 Å². The highest BCUT2D eigenvalue weighted by Gasteiger charge is 2.22. The molecule has 4 N–H and O–H groups in total. The van der Waals surface area contributed by atoms with Crippen LogP contribution in [-0.4, -0.2) is 36.5 Å². The average Bonchev–Trinajstić information content (AvgIpc) is 3.32. The number of anilines is 1. The van der Waals surface area contributed by atoms with Crippen LogP contribution in [0.3, 0.4) is 0 Å². The molecule has 8 nitrogen and oxygen atoms in total. The summed E-state index contributed by atoms with van der Waals surface area (Å²) in [5, 5.41) is 21.6. The first kappa shape index (κ1) is 27.6. The molecule has 0 saturated heterocycles. The van der Waals surface area contributed by atoms with E-state index in [1.165, 1.54) is 4.68 Å². The zero-order valence-electron chi connectivity index (χ0n) is 23.9. The molecule has 0 atom stereocenters. The zero-order valence-corrected chi connectivity index (χ0v) is 23.9. The van der Waals surface area contributed by atoms with E-state index in [1.807, 2.05) is 42.6 Å². The number of aryl methyl sites for hydroxylation is 1. The van der Waals surface area contributed by atoms with Gasteiger partial charge in [0.15, 0.2) is 0 Å². The Bertz CT molecular complexity index is 1750. The number of nitrogens with one attached hydrogen (secondary N) is 1. The van der Waals surface area contributed by atoms with E-state index in [2.05, 4.69) is 61.0 Å². The topological polar surface area (TPSA) is 111 Å². The molecular weight excluding hydrogens is 500 g/mol. The third kappa shape index (κ3) is 5.24. The number of rotatable bonds is 9. The second-order valence-electron chi connectivity index (χ2n) is 11.6. The molecule has 3 heterocycles. The highest BCUT2D eigenvalue weighted by Crippen LogP contribution is 2.34. The number of aromatic nitrogens is 4. The van der Waals surface area contributed by atoms with Gasteiger partial charge in [0.05, 0.1) is 23.4 Å². The molecule has 0 saturated carbocycles. The van der Waals surface area contributed by atoms with Crippen molar-refractivity contribution < 1.29 is 5.11 Å². The maximum Gasteiger partial charge on any atom is 0.276 e. The first-order chi connectivity index (χ1) is 19.1. The average molecular weight is 539 g/mol. The maximum atomic E-state index is 13.6. The van der Waals surface area contributed by atoms with Gasteiger partial charge in [0.25, 0.3) is 5.56 Å². The lowest BCUT2D eigenvalue weighted by Crippen LogP contribution is -2.39. The number of hydrogen-bond donors (Lipinski definition) is 3. The molecule has 0 amide bonds. The molecule has 0 bridgehead atoms. The van der Waals surface area contributed by atoms with Gasteiger partial charge in [-0.1, -0.05) is 56.3 Å². The number of benzene rings is 2. The van der Waals surface area contributed by atoms with Crippen LogP contribution >= 0.6 is 0 Å². The highest BCUT2D eigenvalue weighted by molar-refractivity contribution is 5.98. The normalized spacial score (nSPS) is 12.1. The maximum absolute atomic E-state index is 13.6. The molecule has 0 radical (unpaired) electrons. The molecule has 0 aliphatic heterocycles. The summed E-state index contributed by atoms with van der Waals surface area (Å²) in [5.41, 5.74) is 9.94. The van der Waals surface area contributed by atoms with E-state index in [1.54, 1.807) is 7.05 Å². The molecule has 3 aromatic heterocycles. The number of pyridine rings is 1. The Morgan fingerprint density at radius 3 is 2.52 bits per heavy atom. The third-order valence-electron chi connectivity index (χ3n) is 7.34. The van der Waals surface area contributed by atoms with Gasteiger partial charge in [-0.2, -0.15) is 5.10 Å². The summed E-state index contributed by atoms with van der Waals surface area (Å²) in [4.78, 5) is 18.4. The second kappa shape index (κ2) is 10.9.